The molecular weight excluding hydrogens is 351 g/mol. The molecule has 0 amide bonds. The van der Waals surface area contributed by atoms with Crippen LogP contribution < -0.4 is 4.74 Å². The minimum absolute atomic E-state index is 0.291. The van der Waals surface area contributed by atoms with E-state index in [1.54, 1.807) is 0 Å². The number of aromatic hydroxyl groups is 1. The van der Waals surface area contributed by atoms with E-state index in [2.05, 4.69) is 6.07 Å². The molecule has 0 spiro atoms. The Bertz CT molecular complexity index is 897. The van der Waals surface area contributed by atoms with Crippen LogP contribution >= 0.6 is 7.60 Å². The quantitative estimate of drug-likeness (QED) is 0.684. The van der Waals surface area contributed by atoms with Crippen LogP contribution in [0.5, 0.6) is 11.5 Å². The zero-order chi connectivity index (χ0) is 18.5. The highest BCUT2D eigenvalue weighted by molar-refractivity contribution is 7.51. The van der Waals surface area contributed by atoms with Crippen molar-refractivity contribution in [3.05, 3.63) is 58.1 Å². The zero-order valence-corrected chi connectivity index (χ0v) is 15.6. The summed E-state index contributed by atoms with van der Waals surface area (Å²) in [5, 5.41) is 10.1. The molecule has 5 nitrogen and oxygen atoms in total. The van der Waals surface area contributed by atoms with E-state index >= 15 is 0 Å². The SMILES string of the molecule is Cc1cc(OCP(=O)(O)O)cc2c1[C@H](c1ccc(O)c(C3CC3)c1)CC2. The van der Waals surface area contributed by atoms with Crippen molar-refractivity contribution in [3.63, 3.8) is 0 Å². The van der Waals surface area contributed by atoms with Crippen molar-refractivity contribution >= 4 is 7.60 Å². The number of rotatable bonds is 5. The van der Waals surface area contributed by atoms with Gasteiger partial charge < -0.3 is 19.6 Å². The Kier molecular flexibility index (Phi) is 4.34. The maximum Gasteiger partial charge on any atom is 0.362 e. The Hall–Kier alpha value is -1.81. The summed E-state index contributed by atoms with van der Waals surface area (Å²) in [6.45, 7) is 2.02. The lowest BCUT2D eigenvalue weighted by Crippen LogP contribution is -2.02. The van der Waals surface area contributed by atoms with E-state index in [0.717, 1.165) is 36.8 Å². The lowest BCUT2D eigenvalue weighted by molar-refractivity contribution is 0.300. The summed E-state index contributed by atoms with van der Waals surface area (Å²) >= 11 is 0. The Morgan fingerprint density at radius 1 is 1.15 bits per heavy atom. The highest BCUT2D eigenvalue weighted by Crippen LogP contribution is 2.47. The van der Waals surface area contributed by atoms with Gasteiger partial charge >= 0.3 is 7.60 Å². The fraction of sp³-hybridized carbons (Fsp3) is 0.400. The third kappa shape index (κ3) is 3.52. The smallest absolute Gasteiger partial charge is 0.362 e. The average molecular weight is 374 g/mol. The second-order valence-corrected chi connectivity index (χ2v) is 9.02. The number of ether oxygens (including phenoxy) is 1. The van der Waals surface area contributed by atoms with Crippen LogP contribution in [0.15, 0.2) is 30.3 Å². The highest BCUT2D eigenvalue weighted by Gasteiger charge is 2.30. The van der Waals surface area contributed by atoms with E-state index in [1.807, 2.05) is 31.2 Å². The first-order chi connectivity index (χ1) is 12.3. The van der Waals surface area contributed by atoms with Crippen LogP contribution in [0.4, 0.5) is 0 Å². The largest absolute Gasteiger partial charge is 0.508 e. The van der Waals surface area contributed by atoms with Crippen LogP contribution in [0.1, 0.15) is 58.9 Å². The van der Waals surface area contributed by atoms with Gasteiger partial charge in [-0.1, -0.05) is 12.1 Å². The number of hydrogen-bond acceptors (Lipinski definition) is 3. The maximum absolute atomic E-state index is 11.0. The molecule has 1 fully saturated rings. The van der Waals surface area contributed by atoms with Crippen molar-refractivity contribution in [1.82, 2.24) is 0 Å². The molecule has 0 saturated heterocycles. The molecule has 0 radical (unpaired) electrons. The molecule has 1 atom stereocenters. The number of aryl methyl sites for hydroxylation is 2. The van der Waals surface area contributed by atoms with E-state index in [1.165, 1.54) is 16.7 Å². The molecule has 0 aromatic heterocycles. The first-order valence-electron chi connectivity index (χ1n) is 8.95. The molecule has 0 heterocycles. The molecule has 26 heavy (non-hydrogen) atoms. The molecular formula is C20H23O5P. The van der Waals surface area contributed by atoms with Crippen molar-refractivity contribution in [3.8, 4) is 11.5 Å². The highest BCUT2D eigenvalue weighted by atomic mass is 31.2. The van der Waals surface area contributed by atoms with Crippen molar-refractivity contribution in [1.29, 1.82) is 0 Å². The van der Waals surface area contributed by atoms with Gasteiger partial charge in [0.25, 0.3) is 0 Å². The fourth-order valence-corrected chi connectivity index (χ4v) is 4.39. The molecule has 0 unspecified atom stereocenters. The van der Waals surface area contributed by atoms with Crippen LogP contribution in [0.2, 0.25) is 0 Å². The minimum atomic E-state index is -4.19. The predicted octanol–water partition coefficient (Wildman–Crippen LogP) is 4.17. The molecule has 138 valence electrons. The van der Waals surface area contributed by atoms with Gasteiger partial charge in [0.1, 0.15) is 11.5 Å². The zero-order valence-electron chi connectivity index (χ0n) is 14.7. The van der Waals surface area contributed by atoms with Crippen LogP contribution in [-0.2, 0) is 11.0 Å². The van der Waals surface area contributed by atoms with Gasteiger partial charge in [-0.05, 0) is 84.5 Å². The third-order valence-electron chi connectivity index (χ3n) is 5.37. The number of phenolic OH excluding ortho intramolecular Hbond substituents is 1. The second kappa shape index (κ2) is 6.41. The van der Waals surface area contributed by atoms with Gasteiger partial charge in [-0.15, -0.1) is 0 Å². The summed E-state index contributed by atoms with van der Waals surface area (Å²) < 4.78 is 16.3. The Morgan fingerprint density at radius 2 is 1.92 bits per heavy atom. The molecule has 0 bridgehead atoms. The first kappa shape index (κ1) is 17.6. The molecule has 4 rings (SSSR count). The molecule has 2 aromatic carbocycles. The second-order valence-electron chi connectivity index (χ2n) is 7.43. The van der Waals surface area contributed by atoms with Crippen LogP contribution in [-0.4, -0.2) is 21.2 Å². The lowest BCUT2D eigenvalue weighted by Gasteiger charge is -2.18. The Labute approximate surface area is 152 Å². The van der Waals surface area contributed by atoms with Gasteiger partial charge in [0.2, 0.25) is 0 Å². The molecule has 0 aliphatic heterocycles. The summed E-state index contributed by atoms with van der Waals surface area (Å²) in [4.78, 5) is 18.0. The monoisotopic (exact) mass is 374 g/mol. The topological polar surface area (TPSA) is 87.0 Å². The summed E-state index contributed by atoms with van der Waals surface area (Å²) in [6, 6.07) is 9.74. The van der Waals surface area contributed by atoms with Crippen molar-refractivity contribution in [2.45, 2.75) is 44.4 Å². The lowest BCUT2D eigenvalue weighted by atomic mass is 9.88. The Balaban J connectivity index is 1.63. The van der Waals surface area contributed by atoms with Crippen molar-refractivity contribution in [2.24, 2.45) is 0 Å². The molecule has 1 saturated carbocycles. The van der Waals surface area contributed by atoms with Crippen molar-refractivity contribution < 1.29 is 24.2 Å². The van der Waals surface area contributed by atoms with E-state index in [4.69, 9.17) is 14.5 Å². The number of hydrogen-bond donors (Lipinski definition) is 3. The van der Waals surface area contributed by atoms with Gasteiger partial charge in [-0.2, -0.15) is 0 Å². The molecule has 3 N–H and O–H groups in total. The maximum atomic E-state index is 11.0. The molecule has 2 aromatic rings. The van der Waals surface area contributed by atoms with Gasteiger partial charge in [0.05, 0.1) is 0 Å². The molecule has 2 aliphatic rings. The van der Waals surface area contributed by atoms with Crippen LogP contribution in [0.25, 0.3) is 0 Å². The van der Waals surface area contributed by atoms with E-state index < -0.39 is 13.9 Å². The Morgan fingerprint density at radius 3 is 2.62 bits per heavy atom. The summed E-state index contributed by atoms with van der Waals surface area (Å²) in [6.07, 6.45) is 3.60. The fourth-order valence-electron chi connectivity index (χ4n) is 4.07. The van der Waals surface area contributed by atoms with Gasteiger partial charge in [-0.3, -0.25) is 4.57 Å². The van der Waals surface area contributed by atoms with E-state index in [0.29, 0.717) is 23.3 Å². The number of benzene rings is 2. The predicted molar refractivity (Wildman–Crippen MR) is 99.0 cm³/mol. The first-order valence-corrected chi connectivity index (χ1v) is 10.7. The van der Waals surface area contributed by atoms with Crippen LogP contribution in [0, 0.1) is 6.92 Å². The number of phenols is 1. The average Bonchev–Trinajstić information content (AvgIpc) is 3.32. The van der Waals surface area contributed by atoms with Gasteiger partial charge in [0.15, 0.2) is 6.35 Å². The molecule has 6 heteroatoms. The van der Waals surface area contributed by atoms with E-state index in [-0.39, 0.29) is 0 Å². The van der Waals surface area contributed by atoms with Gasteiger partial charge in [-0.25, -0.2) is 0 Å². The third-order valence-corrected chi connectivity index (χ3v) is 5.83. The standard InChI is InChI=1S/C20H23O5P/c1-12-8-16(25-11-26(22,23)24)9-15-4-6-17(20(12)15)14-5-7-19(21)18(10-14)13-2-3-13/h5,7-10,13,17,21H,2-4,6,11H2,1H3,(H2,22,23,24)/t17-/m0/s1. The molecule has 2 aliphatic carbocycles. The normalized spacial score (nSPS) is 19.4. The summed E-state index contributed by atoms with van der Waals surface area (Å²) in [7, 11) is -4.19. The van der Waals surface area contributed by atoms with E-state index in [9.17, 15) is 9.67 Å². The van der Waals surface area contributed by atoms with Crippen molar-refractivity contribution in [2.75, 3.05) is 6.35 Å². The minimum Gasteiger partial charge on any atom is -0.508 e. The van der Waals surface area contributed by atoms with Crippen LogP contribution in [0.3, 0.4) is 0 Å². The summed E-state index contributed by atoms with van der Waals surface area (Å²) in [5.74, 6) is 1.70. The summed E-state index contributed by atoms with van der Waals surface area (Å²) in [5.41, 5.74) is 5.83. The number of fused-ring (bicyclic) bond motifs is 1. The van der Waals surface area contributed by atoms with Gasteiger partial charge in [0, 0.05) is 5.92 Å².